The van der Waals surface area contributed by atoms with Crippen molar-refractivity contribution in [3.63, 3.8) is 0 Å². The lowest BCUT2D eigenvalue weighted by molar-refractivity contribution is 0.0697. The van der Waals surface area contributed by atoms with E-state index in [0.717, 1.165) is 16.8 Å². The van der Waals surface area contributed by atoms with Crippen LogP contribution in [0.5, 0.6) is 5.88 Å². The van der Waals surface area contributed by atoms with Crippen LogP contribution in [0.15, 0.2) is 58.5 Å². The van der Waals surface area contributed by atoms with Crippen LogP contribution in [-0.4, -0.2) is 27.0 Å². The number of nitrogens with zero attached hydrogens (tertiary/aromatic N) is 3. The molecule has 0 saturated carbocycles. The van der Waals surface area contributed by atoms with Gasteiger partial charge in [-0.15, -0.1) is 0 Å². The molecule has 0 atom stereocenters. The lowest BCUT2D eigenvalue weighted by Gasteiger charge is -1.98. The molecular formula is C20H15N3O3S. The van der Waals surface area contributed by atoms with E-state index >= 15 is 0 Å². The molecule has 1 aliphatic heterocycles. The normalized spacial score (nSPS) is 14.7. The molecule has 1 aliphatic rings. The van der Waals surface area contributed by atoms with Crippen molar-refractivity contribution in [3.8, 4) is 5.88 Å². The topological polar surface area (TPSA) is 87.2 Å². The van der Waals surface area contributed by atoms with E-state index in [2.05, 4.69) is 9.98 Å². The van der Waals surface area contributed by atoms with Crippen LogP contribution in [0.2, 0.25) is 0 Å². The first-order chi connectivity index (χ1) is 13.0. The van der Waals surface area contributed by atoms with Crippen molar-refractivity contribution < 1.29 is 15.0 Å². The van der Waals surface area contributed by atoms with E-state index in [1.54, 1.807) is 30.0 Å². The Labute approximate surface area is 158 Å². The summed E-state index contributed by atoms with van der Waals surface area (Å²) in [7, 11) is 1.73. The number of hydrogen-bond acceptors (Lipinski definition) is 5. The van der Waals surface area contributed by atoms with Gasteiger partial charge < -0.3 is 10.2 Å². The van der Waals surface area contributed by atoms with Gasteiger partial charge in [-0.2, -0.15) is 0 Å². The Bertz CT molecular complexity index is 1170. The number of rotatable bonds is 3. The standard InChI is InChI=1S/C20H15N3O3S/c1-23-18(24)17(10-13-11-21-16-5-3-2-4-15(13)16)27-20(23)22-14-8-6-12(7-9-14)19(25)26/h2-11,24H,1H3,(H,25,26)/b13-10-,22-20?. The molecule has 0 unspecified atom stereocenters. The van der Waals surface area contributed by atoms with Crippen LogP contribution in [0.1, 0.15) is 20.8 Å². The predicted molar refractivity (Wildman–Crippen MR) is 106 cm³/mol. The van der Waals surface area contributed by atoms with Gasteiger partial charge in [-0.25, -0.2) is 9.79 Å². The number of carboxylic acids is 1. The molecule has 0 spiro atoms. The Morgan fingerprint density at radius 3 is 2.67 bits per heavy atom. The SMILES string of the molecule is Cn1c(O)c(/C=C2/C=Nc3ccccc32)sc1=Nc1ccc(C(=O)O)cc1. The van der Waals surface area contributed by atoms with Crippen molar-refractivity contribution in [2.24, 2.45) is 17.0 Å². The fourth-order valence-electron chi connectivity index (χ4n) is 2.74. The Hall–Kier alpha value is -3.45. The van der Waals surface area contributed by atoms with Gasteiger partial charge >= 0.3 is 5.97 Å². The molecule has 0 saturated heterocycles. The van der Waals surface area contributed by atoms with E-state index in [-0.39, 0.29) is 11.4 Å². The zero-order valence-electron chi connectivity index (χ0n) is 14.3. The van der Waals surface area contributed by atoms with Gasteiger partial charge in [0, 0.05) is 24.4 Å². The van der Waals surface area contributed by atoms with Crippen LogP contribution in [-0.2, 0) is 7.05 Å². The van der Waals surface area contributed by atoms with E-state index in [1.807, 2.05) is 30.3 Å². The zero-order chi connectivity index (χ0) is 19.0. The van der Waals surface area contributed by atoms with Crippen LogP contribution >= 0.6 is 11.3 Å². The van der Waals surface area contributed by atoms with Crippen LogP contribution in [0.3, 0.4) is 0 Å². The summed E-state index contributed by atoms with van der Waals surface area (Å²) in [4.78, 5) is 21.1. The number of para-hydroxylation sites is 1. The number of thiazole rings is 1. The largest absolute Gasteiger partial charge is 0.493 e. The maximum atomic E-state index is 10.9. The number of benzene rings is 2. The minimum atomic E-state index is -0.978. The minimum Gasteiger partial charge on any atom is -0.493 e. The molecule has 6 nitrogen and oxygen atoms in total. The van der Waals surface area contributed by atoms with Gasteiger partial charge in [0.15, 0.2) is 4.80 Å². The Kier molecular flexibility index (Phi) is 4.21. The second-order valence-electron chi connectivity index (χ2n) is 5.97. The molecular weight excluding hydrogens is 362 g/mol. The summed E-state index contributed by atoms with van der Waals surface area (Å²) in [6, 6.07) is 14.1. The van der Waals surface area contributed by atoms with Crippen molar-refractivity contribution >= 4 is 46.5 Å². The third kappa shape index (κ3) is 3.20. The van der Waals surface area contributed by atoms with E-state index in [4.69, 9.17) is 5.11 Å². The molecule has 0 fully saturated rings. The molecule has 2 heterocycles. The maximum Gasteiger partial charge on any atom is 0.335 e. The second kappa shape index (κ2) is 6.69. The van der Waals surface area contributed by atoms with Crippen LogP contribution in [0.25, 0.3) is 11.6 Å². The fourth-order valence-corrected chi connectivity index (χ4v) is 3.73. The minimum absolute atomic E-state index is 0.117. The highest BCUT2D eigenvalue weighted by molar-refractivity contribution is 7.10. The number of allylic oxidation sites excluding steroid dienone is 1. The first-order valence-electron chi connectivity index (χ1n) is 8.15. The number of carboxylic acid groups (broad SMARTS) is 1. The summed E-state index contributed by atoms with van der Waals surface area (Å²) in [5.41, 5.74) is 3.68. The highest BCUT2D eigenvalue weighted by Gasteiger charge is 2.14. The third-order valence-corrected chi connectivity index (χ3v) is 5.28. The van der Waals surface area contributed by atoms with Crippen LogP contribution < -0.4 is 4.80 Å². The number of fused-ring (bicyclic) bond motifs is 1. The molecule has 0 amide bonds. The Balaban J connectivity index is 1.73. The van der Waals surface area contributed by atoms with Crippen molar-refractivity contribution in [1.82, 2.24) is 4.57 Å². The molecule has 134 valence electrons. The summed E-state index contributed by atoms with van der Waals surface area (Å²) < 4.78 is 1.60. The molecule has 0 bridgehead atoms. The van der Waals surface area contributed by atoms with Gasteiger partial charge in [-0.3, -0.25) is 9.56 Å². The van der Waals surface area contributed by atoms with E-state index < -0.39 is 5.97 Å². The van der Waals surface area contributed by atoms with Crippen LogP contribution in [0, 0.1) is 0 Å². The van der Waals surface area contributed by atoms with Crippen molar-refractivity contribution in [2.75, 3.05) is 0 Å². The van der Waals surface area contributed by atoms with E-state index in [0.29, 0.717) is 15.4 Å². The van der Waals surface area contributed by atoms with Gasteiger partial charge in [0.25, 0.3) is 0 Å². The third-order valence-electron chi connectivity index (χ3n) is 4.21. The van der Waals surface area contributed by atoms with Crippen LogP contribution in [0.4, 0.5) is 11.4 Å². The average molecular weight is 377 g/mol. The maximum absolute atomic E-state index is 10.9. The monoisotopic (exact) mass is 377 g/mol. The molecule has 27 heavy (non-hydrogen) atoms. The van der Waals surface area contributed by atoms with E-state index in [9.17, 15) is 9.90 Å². The highest BCUT2D eigenvalue weighted by atomic mass is 32.1. The van der Waals surface area contributed by atoms with Gasteiger partial charge in [0.05, 0.1) is 21.8 Å². The summed E-state index contributed by atoms with van der Waals surface area (Å²) in [6.45, 7) is 0. The number of aliphatic imine (C=N–C) groups is 1. The first kappa shape index (κ1) is 17.0. The number of aromatic nitrogens is 1. The molecule has 0 aliphatic carbocycles. The number of hydrogen-bond donors (Lipinski definition) is 2. The molecule has 2 N–H and O–H groups in total. The first-order valence-corrected chi connectivity index (χ1v) is 8.96. The number of aromatic hydroxyl groups is 1. The molecule has 4 rings (SSSR count). The molecule has 0 radical (unpaired) electrons. The Morgan fingerprint density at radius 2 is 1.93 bits per heavy atom. The molecule has 2 aromatic carbocycles. The van der Waals surface area contributed by atoms with Crippen molar-refractivity contribution in [2.45, 2.75) is 0 Å². The van der Waals surface area contributed by atoms with Gasteiger partial charge in [0.2, 0.25) is 5.88 Å². The summed E-state index contributed by atoms with van der Waals surface area (Å²) >= 11 is 1.34. The lowest BCUT2D eigenvalue weighted by atomic mass is 10.1. The number of aromatic carboxylic acids is 1. The van der Waals surface area contributed by atoms with E-state index in [1.165, 1.54) is 23.5 Å². The van der Waals surface area contributed by atoms with Gasteiger partial charge in [-0.05, 0) is 36.4 Å². The predicted octanol–water partition coefficient (Wildman–Crippen LogP) is 3.98. The molecule has 3 aromatic rings. The lowest BCUT2D eigenvalue weighted by Crippen LogP contribution is -2.08. The zero-order valence-corrected chi connectivity index (χ0v) is 15.1. The second-order valence-corrected chi connectivity index (χ2v) is 6.98. The summed E-state index contributed by atoms with van der Waals surface area (Å²) in [5.74, 6) is -0.862. The fraction of sp³-hybridized carbons (Fsp3) is 0.0500. The average Bonchev–Trinajstić information content (AvgIpc) is 3.19. The smallest absolute Gasteiger partial charge is 0.335 e. The summed E-state index contributed by atoms with van der Waals surface area (Å²) in [6.07, 6.45) is 3.67. The molecule has 1 aromatic heterocycles. The molecule has 7 heteroatoms. The summed E-state index contributed by atoms with van der Waals surface area (Å²) in [5, 5.41) is 19.4. The van der Waals surface area contributed by atoms with Crippen molar-refractivity contribution in [1.29, 1.82) is 0 Å². The Morgan fingerprint density at radius 1 is 1.19 bits per heavy atom. The number of carbonyl (C=O) groups is 1. The highest BCUT2D eigenvalue weighted by Crippen LogP contribution is 2.34. The quantitative estimate of drug-likeness (QED) is 0.724. The van der Waals surface area contributed by atoms with Gasteiger partial charge in [0.1, 0.15) is 0 Å². The van der Waals surface area contributed by atoms with Gasteiger partial charge in [-0.1, -0.05) is 29.5 Å². The van der Waals surface area contributed by atoms with Crippen molar-refractivity contribution in [3.05, 3.63) is 69.3 Å².